The van der Waals surface area contributed by atoms with E-state index in [-0.39, 0.29) is 36.1 Å². The van der Waals surface area contributed by atoms with Crippen molar-refractivity contribution in [2.75, 3.05) is 46.3 Å². The van der Waals surface area contributed by atoms with Gasteiger partial charge in [0.2, 0.25) is 0 Å². The predicted molar refractivity (Wildman–Crippen MR) is 116 cm³/mol. The summed E-state index contributed by atoms with van der Waals surface area (Å²) in [4.78, 5) is 21.0. The molecule has 152 valence electrons. The van der Waals surface area contributed by atoms with Gasteiger partial charge in [-0.3, -0.25) is 4.99 Å². The zero-order valence-electron chi connectivity index (χ0n) is 16.7. The van der Waals surface area contributed by atoms with Gasteiger partial charge < -0.3 is 25.2 Å². The van der Waals surface area contributed by atoms with Crippen molar-refractivity contribution in [2.24, 2.45) is 4.99 Å². The lowest BCUT2D eigenvalue weighted by molar-refractivity contribution is 0.0507. The molecular formula is C18H36IN5O2. The fourth-order valence-electron chi connectivity index (χ4n) is 3.39. The minimum absolute atomic E-state index is 0. The molecule has 2 rings (SSSR count). The number of alkyl carbamates (subject to hydrolysis) is 1. The Morgan fingerprint density at radius 1 is 1.23 bits per heavy atom. The molecule has 0 bridgehead atoms. The second kappa shape index (κ2) is 11.2. The first kappa shape index (κ1) is 23.3. The Morgan fingerprint density at radius 3 is 2.54 bits per heavy atom. The van der Waals surface area contributed by atoms with Crippen LogP contribution in [0.4, 0.5) is 4.79 Å². The number of rotatable bonds is 5. The Kier molecular flexibility index (Phi) is 9.99. The van der Waals surface area contributed by atoms with Crippen LogP contribution >= 0.6 is 24.0 Å². The first-order chi connectivity index (χ1) is 11.9. The molecule has 1 amide bonds. The third-order valence-electron chi connectivity index (χ3n) is 4.55. The molecule has 0 aromatic carbocycles. The summed E-state index contributed by atoms with van der Waals surface area (Å²) in [5, 5.41) is 6.41. The molecule has 8 heteroatoms. The van der Waals surface area contributed by atoms with Gasteiger partial charge in [0.05, 0.1) is 6.04 Å². The van der Waals surface area contributed by atoms with Crippen LogP contribution in [0.3, 0.4) is 0 Å². The van der Waals surface area contributed by atoms with E-state index in [9.17, 15) is 4.79 Å². The number of likely N-dealkylation sites (tertiary alicyclic amines) is 2. The summed E-state index contributed by atoms with van der Waals surface area (Å²) in [5.74, 6) is 0.926. The van der Waals surface area contributed by atoms with E-state index in [1.807, 2.05) is 27.8 Å². The highest BCUT2D eigenvalue weighted by atomic mass is 127. The van der Waals surface area contributed by atoms with Gasteiger partial charge in [0.1, 0.15) is 5.60 Å². The number of hydrogen-bond acceptors (Lipinski definition) is 4. The molecule has 0 saturated carbocycles. The number of nitrogens with zero attached hydrogens (tertiary/aromatic N) is 3. The number of aliphatic imine (C=N–C) groups is 1. The van der Waals surface area contributed by atoms with Crippen molar-refractivity contribution in [3.8, 4) is 0 Å². The highest BCUT2D eigenvalue weighted by Gasteiger charge is 2.27. The highest BCUT2D eigenvalue weighted by Crippen LogP contribution is 2.12. The SMILES string of the molecule is CN=C(NCCCN1CCCC1)N1CC[C@@H](NC(=O)OC(C)(C)C)C1.I. The number of nitrogens with one attached hydrogen (secondary N) is 2. The Labute approximate surface area is 175 Å². The van der Waals surface area contributed by atoms with Crippen molar-refractivity contribution in [1.82, 2.24) is 20.4 Å². The fourth-order valence-corrected chi connectivity index (χ4v) is 3.39. The molecule has 2 aliphatic rings. The molecule has 1 atom stereocenters. The molecule has 0 radical (unpaired) electrons. The number of halogens is 1. The molecule has 0 aliphatic carbocycles. The smallest absolute Gasteiger partial charge is 0.407 e. The predicted octanol–water partition coefficient (Wildman–Crippen LogP) is 2.26. The van der Waals surface area contributed by atoms with Crippen LogP contribution < -0.4 is 10.6 Å². The zero-order chi connectivity index (χ0) is 18.3. The Hall–Kier alpha value is -0.770. The zero-order valence-corrected chi connectivity index (χ0v) is 19.0. The van der Waals surface area contributed by atoms with Gasteiger partial charge in [0.25, 0.3) is 0 Å². The fraction of sp³-hybridized carbons (Fsp3) is 0.889. The molecule has 0 unspecified atom stereocenters. The number of ether oxygens (including phenoxy) is 1. The minimum Gasteiger partial charge on any atom is -0.444 e. The third kappa shape index (κ3) is 8.28. The van der Waals surface area contributed by atoms with Crippen molar-refractivity contribution in [2.45, 2.75) is 58.1 Å². The van der Waals surface area contributed by atoms with Crippen LogP contribution in [0.25, 0.3) is 0 Å². The lowest BCUT2D eigenvalue weighted by Crippen LogP contribution is -2.44. The van der Waals surface area contributed by atoms with Gasteiger partial charge in [-0.15, -0.1) is 24.0 Å². The van der Waals surface area contributed by atoms with Crippen LogP contribution in [-0.4, -0.2) is 79.8 Å². The number of amides is 1. The van der Waals surface area contributed by atoms with Gasteiger partial charge in [-0.1, -0.05) is 0 Å². The molecule has 2 N–H and O–H groups in total. The van der Waals surface area contributed by atoms with E-state index < -0.39 is 5.60 Å². The van der Waals surface area contributed by atoms with Crippen LogP contribution in [0.5, 0.6) is 0 Å². The first-order valence-corrected chi connectivity index (χ1v) is 9.55. The van der Waals surface area contributed by atoms with Crippen molar-refractivity contribution in [3.63, 3.8) is 0 Å². The van der Waals surface area contributed by atoms with E-state index in [1.165, 1.54) is 25.9 Å². The maximum atomic E-state index is 11.9. The summed E-state index contributed by atoms with van der Waals surface area (Å²) in [7, 11) is 1.82. The monoisotopic (exact) mass is 481 g/mol. The Balaban J connectivity index is 0.00000338. The summed E-state index contributed by atoms with van der Waals surface area (Å²) in [6.45, 7) is 11.9. The van der Waals surface area contributed by atoms with E-state index in [1.54, 1.807) is 0 Å². The van der Waals surface area contributed by atoms with Gasteiger partial charge in [-0.25, -0.2) is 4.79 Å². The van der Waals surface area contributed by atoms with Crippen molar-refractivity contribution >= 4 is 36.0 Å². The maximum absolute atomic E-state index is 11.9. The van der Waals surface area contributed by atoms with E-state index in [0.29, 0.717) is 0 Å². The van der Waals surface area contributed by atoms with Crippen molar-refractivity contribution in [1.29, 1.82) is 0 Å². The summed E-state index contributed by atoms with van der Waals surface area (Å²) in [6, 6.07) is 0.109. The van der Waals surface area contributed by atoms with Crippen LogP contribution in [0.2, 0.25) is 0 Å². The largest absolute Gasteiger partial charge is 0.444 e. The van der Waals surface area contributed by atoms with Crippen LogP contribution in [0.1, 0.15) is 46.5 Å². The molecule has 2 aliphatic heterocycles. The normalized spacial score (nSPS) is 21.5. The summed E-state index contributed by atoms with van der Waals surface area (Å²) in [6.07, 6.45) is 4.39. The molecule has 2 heterocycles. The van der Waals surface area contributed by atoms with Crippen molar-refractivity contribution < 1.29 is 9.53 Å². The Morgan fingerprint density at radius 2 is 1.92 bits per heavy atom. The van der Waals surface area contributed by atoms with Crippen LogP contribution in [-0.2, 0) is 4.74 Å². The minimum atomic E-state index is -0.463. The highest BCUT2D eigenvalue weighted by molar-refractivity contribution is 14.0. The Bertz CT molecular complexity index is 461. The van der Waals surface area contributed by atoms with Gasteiger partial charge in [-0.2, -0.15) is 0 Å². The summed E-state index contributed by atoms with van der Waals surface area (Å²) in [5.41, 5.74) is -0.463. The topological polar surface area (TPSA) is 69.2 Å². The average Bonchev–Trinajstić information content (AvgIpc) is 3.17. The standard InChI is InChI=1S/C18H35N5O2.HI/c1-18(2,3)25-17(24)21-15-8-13-23(14-15)16(19-4)20-9-7-12-22-10-5-6-11-22;/h15H,5-14H2,1-4H3,(H,19,20)(H,21,24);1H/t15-;/m1./s1. The summed E-state index contributed by atoms with van der Waals surface area (Å²) >= 11 is 0. The average molecular weight is 481 g/mol. The number of hydrogen-bond donors (Lipinski definition) is 2. The molecule has 26 heavy (non-hydrogen) atoms. The molecule has 2 fully saturated rings. The quantitative estimate of drug-likeness (QED) is 0.273. The number of guanidine groups is 1. The molecular weight excluding hydrogens is 445 g/mol. The van der Waals surface area contributed by atoms with Gasteiger partial charge in [0.15, 0.2) is 5.96 Å². The second-order valence-corrected chi connectivity index (χ2v) is 7.95. The lowest BCUT2D eigenvalue weighted by Gasteiger charge is -2.23. The third-order valence-corrected chi connectivity index (χ3v) is 4.55. The molecule has 0 aromatic rings. The summed E-state index contributed by atoms with van der Waals surface area (Å²) < 4.78 is 5.33. The van der Waals surface area contributed by atoms with Gasteiger partial charge >= 0.3 is 6.09 Å². The first-order valence-electron chi connectivity index (χ1n) is 9.55. The molecule has 2 saturated heterocycles. The van der Waals surface area contributed by atoms with Gasteiger partial charge in [0, 0.05) is 26.7 Å². The number of carbonyl (C=O) groups excluding carboxylic acids is 1. The van der Waals surface area contributed by atoms with E-state index >= 15 is 0 Å². The van der Waals surface area contributed by atoms with Crippen LogP contribution in [0.15, 0.2) is 4.99 Å². The molecule has 0 aromatic heterocycles. The van der Waals surface area contributed by atoms with Crippen molar-refractivity contribution in [3.05, 3.63) is 0 Å². The lowest BCUT2D eigenvalue weighted by atomic mass is 10.2. The van der Waals surface area contributed by atoms with Crippen LogP contribution in [0, 0.1) is 0 Å². The molecule has 7 nitrogen and oxygen atoms in total. The molecule has 0 spiro atoms. The van der Waals surface area contributed by atoms with E-state index in [4.69, 9.17) is 4.74 Å². The van der Waals surface area contributed by atoms with E-state index in [0.717, 1.165) is 45.0 Å². The number of carbonyl (C=O) groups is 1. The van der Waals surface area contributed by atoms with Gasteiger partial charge in [-0.05, 0) is 66.1 Å². The van der Waals surface area contributed by atoms with E-state index in [2.05, 4.69) is 25.4 Å². The second-order valence-electron chi connectivity index (χ2n) is 7.95. The maximum Gasteiger partial charge on any atom is 0.407 e.